The van der Waals surface area contributed by atoms with E-state index in [4.69, 9.17) is 0 Å². The molecule has 0 bridgehead atoms. The van der Waals surface area contributed by atoms with E-state index in [1.165, 1.54) is 16.6 Å². The first-order chi connectivity index (χ1) is 14.0. The van der Waals surface area contributed by atoms with Gasteiger partial charge in [0.15, 0.2) is 17.1 Å². The summed E-state index contributed by atoms with van der Waals surface area (Å²) >= 11 is 0. The third-order valence-corrected chi connectivity index (χ3v) is 4.10. The first-order valence-electron chi connectivity index (χ1n) is 8.45. The maximum Gasteiger partial charge on any atom is 0.387 e. The van der Waals surface area contributed by atoms with Crippen molar-refractivity contribution < 1.29 is 27.0 Å². The second kappa shape index (κ2) is 7.78. The molecule has 0 saturated carbocycles. The Balaban J connectivity index is 1.80. The number of halogens is 4. The van der Waals surface area contributed by atoms with Crippen LogP contribution in [0.3, 0.4) is 0 Å². The molecule has 2 aromatic carbocycles. The van der Waals surface area contributed by atoms with Crippen molar-refractivity contribution in [2.75, 3.05) is 0 Å². The fourth-order valence-corrected chi connectivity index (χ4v) is 2.91. The predicted octanol–water partition coefficient (Wildman–Crippen LogP) is 5.27. The van der Waals surface area contributed by atoms with Gasteiger partial charge in [0, 0.05) is 23.4 Å². The molecule has 0 N–H and O–H groups in total. The zero-order chi connectivity index (χ0) is 20.4. The number of nitrogens with zero attached hydrogens (tertiary/aromatic N) is 3. The molecule has 0 spiro atoms. The van der Waals surface area contributed by atoms with Crippen molar-refractivity contribution in [2.45, 2.75) is 13.2 Å². The van der Waals surface area contributed by atoms with Gasteiger partial charge in [-0.25, -0.2) is 9.50 Å². The molecule has 0 atom stereocenters. The summed E-state index contributed by atoms with van der Waals surface area (Å²) in [5.74, 6) is -0.988. The van der Waals surface area contributed by atoms with Crippen molar-refractivity contribution in [2.24, 2.45) is 0 Å². The normalized spacial score (nSPS) is 11.4. The molecular formula is C20H13F4N3O2. The van der Waals surface area contributed by atoms with Crippen molar-refractivity contribution >= 4 is 5.65 Å². The van der Waals surface area contributed by atoms with Crippen LogP contribution < -0.4 is 9.47 Å². The number of rotatable bonds is 6. The molecule has 0 amide bonds. The summed E-state index contributed by atoms with van der Waals surface area (Å²) in [4.78, 5) is 4.27. The van der Waals surface area contributed by atoms with E-state index < -0.39 is 24.7 Å². The van der Waals surface area contributed by atoms with E-state index in [0.717, 1.165) is 11.6 Å². The lowest BCUT2D eigenvalue weighted by molar-refractivity contribution is -0.0692. The van der Waals surface area contributed by atoms with Crippen LogP contribution in [0.25, 0.3) is 28.2 Å². The highest BCUT2D eigenvalue weighted by molar-refractivity contribution is 5.69. The third kappa shape index (κ3) is 3.98. The van der Waals surface area contributed by atoms with Gasteiger partial charge in [-0.2, -0.15) is 22.7 Å². The molecule has 4 aromatic rings. The van der Waals surface area contributed by atoms with Gasteiger partial charge >= 0.3 is 13.2 Å². The van der Waals surface area contributed by atoms with E-state index in [9.17, 15) is 17.6 Å². The largest absolute Gasteiger partial charge is 0.431 e. The van der Waals surface area contributed by atoms with E-state index in [1.807, 2.05) is 30.3 Å². The molecule has 0 aliphatic rings. The fourth-order valence-electron chi connectivity index (χ4n) is 2.91. The molecule has 5 nitrogen and oxygen atoms in total. The maximum atomic E-state index is 12.7. The van der Waals surface area contributed by atoms with Gasteiger partial charge in [-0.3, -0.25) is 0 Å². The quantitative estimate of drug-likeness (QED) is 0.412. The highest BCUT2D eigenvalue weighted by atomic mass is 19.3. The van der Waals surface area contributed by atoms with Gasteiger partial charge in [-0.1, -0.05) is 30.3 Å². The molecule has 2 heterocycles. The van der Waals surface area contributed by atoms with Crippen LogP contribution in [0.15, 0.2) is 66.9 Å². The van der Waals surface area contributed by atoms with E-state index in [1.54, 1.807) is 18.3 Å². The molecule has 0 radical (unpaired) electrons. The molecule has 2 aromatic heterocycles. The zero-order valence-electron chi connectivity index (χ0n) is 14.7. The minimum absolute atomic E-state index is 0.414. The zero-order valence-corrected chi connectivity index (χ0v) is 14.7. The molecule has 9 heteroatoms. The SMILES string of the molecule is FC(F)Oc1ccc(-c2ccnc3cc(-c4ccccc4)nn23)cc1OC(F)F. The molecule has 148 valence electrons. The highest BCUT2D eigenvalue weighted by Gasteiger charge is 2.17. The Morgan fingerprint density at radius 1 is 0.759 bits per heavy atom. The smallest absolute Gasteiger partial charge is 0.387 e. The van der Waals surface area contributed by atoms with Gasteiger partial charge in [0.1, 0.15) is 0 Å². The number of alkyl halides is 4. The molecule has 4 rings (SSSR count). The first kappa shape index (κ1) is 18.7. The van der Waals surface area contributed by atoms with Crippen molar-refractivity contribution in [1.82, 2.24) is 14.6 Å². The second-order valence-electron chi connectivity index (χ2n) is 5.91. The Hall–Kier alpha value is -3.62. The average Bonchev–Trinajstić information content (AvgIpc) is 3.14. The summed E-state index contributed by atoms with van der Waals surface area (Å²) in [5, 5.41) is 4.53. The third-order valence-electron chi connectivity index (χ3n) is 4.10. The average molecular weight is 403 g/mol. The monoisotopic (exact) mass is 403 g/mol. The van der Waals surface area contributed by atoms with E-state index >= 15 is 0 Å². The summed E-state index contributed by atoms with van der Waals surface area (Å²) in [7, 11) is 0. The van der Waals surface area contributed by atoms with Crippen molar-refractivity contribution in [3.05, 3.63) is 66.9 Å². The molecule has 0 fully saturated rings. The topological polar surface area (TPSA) is 48.7 Å². The van der Waals surface area contributed by atoms with Gasteiger partial charge in [-0.15, -0.1) is 0 Å². The standard InChI is InChI=1S/C20H13F4N3O2/c21-19(22)28-16-7-6-13(10-17(16)29-20(23)24)15-8-9-25-18-11-14(26-27(15)18)12-4-2-1-3-5-12/h1-11,19-20H. The minimum Gasteiger partial charge on any atom is -0.431 e. The van der Waals surface area contributed by atoms with Crippen molar-refractivity contribution in [3.8, 4) is 34.0 Å². The number of hydrogen-bond acceptors (Lipinski definition) is 4. The summed E-state index contributed by atoms with van der Waals surface area (Å²) in [6.07, 6.45) is 1.54. The lowest BCUT2D eigenvalue weighted by Crippen LogP contribution is -2.08. The van der Waals surface area contributed by atoms with Crippen LogP contribution in [0, 0.1) is 0 Å². The number of benzene rings is 2. The number of fused-ring (bicyclic) bond motifs is 1. The fraction of sp³-hybridized carbons (Fsp3) is 0.100. The van der Waals surface area contributed by atoms with E-state index in [0.29, 0.717) is 22.6 Å². The van der Waals surface area contributed by atoms with Crippen LogP contribution in [0.2, 0.25) is 0 Å². The Bertz CT molecular complexity index is 1130. The number of ether oxygens (including phenoxy) is 2. The molecule has 0 aliphatic carbocycles. The van der Waals surface area contributed by atoms with Crippen molar-refractivity contribution in [1.29, 1.82) is 0 Å². The van der Waals surface area contributed by atoms with Gasteiger partial charge in [0.2, 0.25) is 0 Å². The van der Waals surface area contributed by atoms with Gasteiger partial charge in [0.25, 0.3) is 0 Å². The van der Waals surface area contributed by atoms with Crippen LogP contribution in [0.4, 0.5) is 17.6 Å². The number of aromatic nitrogens is 3. The van der Waals surface area contributed by atoms with Gasteiger partial charge < -0.3 is 9.47 Å². The van der Waals surface area contributed by atoms with Gasteiger partial charge in [0.05, 0.1) is 11.4 Å². The van der Waals surface area contributed by atoms with Crippen LogP contribution in [-0.2, 0) is 0 Å². The van der Waals surface area contributed by atoms with Crippen molar-refractivity contribution in [3.63, 3.8) is 0 Å². The molecular weight excluding hydrogens is 390 g/mol. The Morgan fingerprint density at radius 2 is 1.48 bits per heavy atom. The van der Waals surface area contributed by atoms with E-state index in [-0.39, 0.29) is 0 Å². The Labute approximate surface area is 162 Å². The van der Waals surface area contributed by atoms with Crippen LogP contribution in [-0.4, -0.2) is 27.8 Å². The molecule has 0 aliphatic heterocycles. The lowest BCUT2D eigenvalue weighted by atomic mass is 10.1. The van der Waals surface area contributed by atoms with Crippen LogP contribution in [0.5, 0.6) is 11.5 Å². The van der Waals surface area contributed by atoms with Gasteiger partial charge in [-0.05, 0) is 24.3 Å². The first-order valence-corrected chi connectivity index (χ1v) is 8.45. The lowest BCUT2D eigenvalue weighted by Gasteiger charge is -2.13. The number of hydrogen-bond donors (Lipinski definition) is 0. The highest BCUT2D eigenvalue weighted by Crippen LogP contribution is 2.35. The maximum absolute atomic E-state index is 12.7. The second-order valence-corrected chi connectivity index (χ2v) is 5.91. The van der Waals surface area contributed by atoms with Crippen LogP contribution in [0.1, 0.15) is 0 Å². The molecule has 0 saturated heterocycles. The minimum atomic E-state index is -3.20. The Morgan fingerprint density at radius 3 is 2.21 bits per heavy atom. The van der Waals surface area contributed by atoms with E-state index in [2.05, 4.69) is 19.6 Å². The Kier molecular flexibility index (Phi) is 5.03. The summed E-state index contributed by atoms with van der Waals surface area (Å²) < 4.78 is 60.7. The molecule has 0 unspecified atom stereocenters. The summed E-state index contributed by atoms with van der Waals surface area (Å²) in [6.45, 7) is -6.37. The van der Waals surface area contributed by atoms with Crippen LogP contribution >= 0.6 is 0 Å². The summed E-state index contributed by atoms with van der Waals surface area (Å²) in [5.41, 5.74) is 3.02. The molecule has 29 heavy (non-hydrogen) atoms. The summed E-state index contributed by atoms with van der Waals surface area (Å²) in [6, 6.07) is 16.6. The predicted molar refractivity (Wildman–Crippen MR) is 97.1 cm³/mol.